The van der Waals surface area contributed by atoms with Gasteiger partial charge in [0.25, 0.3) is 0 Å². The maximum atomic E-state index is 4.78. The Morgan fingerprint density at radius 2 is 1.77 bits per heavy atom. The number of rotatable bonds is 3. The smallest absolute Gasteiger partial charge is 0.106 e. The summed E-state index contributed by atoms with van der Waals surface area (Å²) in [5.74, 6) is 0.781. The van der Waals surface area contributed by atoms with Gasteiger partial charge in [0.1, 0.15) is 4.60 Å². The Kier molecular flexibility index (Phi) is 9.25. The van der Waals surface area contributed by atoms with Crippen LogP contribution in [0.25, 0.3) is 0 Å². The van der Waals surface area contributed by atoms with E-state index in [0.717, 1.165) is 36.7 Å². The zero-order valence-electron chi connectivity index (χ0n) is 12.8. The van der Waals surface area contributed by atoms with Gasteiger partial charge in [0.15, 0.2) is 0 Å². The molecule has 126 valence electrons. The van der Waals surface area contributed by atoms with Crippen molar-refractivity contribution < 1.29 is 0 Å². The van der Waals surface area contributed by atoms with Crippen LogP contribution in [0.5, 0.6) is 0 Å². The number of pyridine rings is 1. The molecule has 1 aliphatic carbocycles. The Morgan fingerprint density at radius 1 is 1.09 bits per heavy atom. The quantitative estimate of drug-likeness (QED) is 0.756. The van der Waals surface area contributed by atoms with Gasteiger partial charge in [-0.25, -0.2) is 4.98 Å². The molecule has 0 amide bonds. The van der Waals surface area contributed by atoms with E-state index in [1.54, 1.807) is 0 Å². The summed E-state index contributed by atoms with van der Waals surface area (Å²) in [5, 5.41) is 3.46. The van der Waals surface area contributed by atoms with Crippen LogP contribution in [-0.4, -0.2) is 36.1 Å². The number of piperazine rings is 1. The lowest BCUT2D eigenvalue weighted by molar-refractivity contribution is 0.100. The molecular weight excluding hydrogens is 385 g/mol. The number of nitrogens with zero attached hydrogens (tertiary/aromatic N) is 2. The molecule has 1 atom stereocenters. The highest BCUT2D eigenvalue weighted by atomic mass is 79.9. The minimum atomic E-state index is 0. The van der Waals surface area contributed by atoms with E-state index < -0.39 is 0 Å². The summed E-state index contributed by atoms with van der Waals surface area (Å²) in [7, 11) is 0. The Bertz CT molecular complexity index is 417. The van der Waals surface area contributed by atoms with Crippen LogP contribution in [0, 0.1) is 5.92 Å². The van der Waals surface area contributed by atoms with Crippen molar-refractivity contribution in [3.8, 4) is 0 Å². The first-order valence-corrected chi connectivity index (χ1v) is 8.71. The van der Waals surface area contributed by atoms with Crippen LogP contribution in [0.3, 0.4) is 0 Å². The van der Waals surface area contributed by atoms with Crippen molar-refractivity contribution in [2.75, 3.05) is 26.2 Å². The van der Waals surface area contributed by atoms with Crippen LogP contribution in [0.15, 0.2) is 22.8 Å². The molecule has 0 radical (unpaired) electrons. The van der Waals surface area contributed by atoms with Crippen LogP contribution in [-0.2, 0) is 0 Å². The van der Waals surface area contributed by atoms with E-state index in [1.165, 1.54) is 37.8 Å². The first kappa shape index (κ1) is 20.2. The second kappa shape index (κ2) is 10.1. The molecule has 1 saturated carbocycles. The molecule has 1 saturated heterocycles. The Morgan fingerprint density at radius 3 is 2.41 bits per heavy atom. The topological polar surface area (TPSA) is 28.2 Å². The van der Waals surface area contributed by atoms with Crippen LogP contribution >= 0.6 is 40.7 Å². The van der Waals surface area contributed by atoms with E-state index in [9.17, 15) is 0 Å². The predicted octanol–water partition coefficient (Wildman–Crippen LogP) is 4.21. The van der Waals surface area contributed by atoms with Gasteiger partial charge in [-0.15, -0.1) is 24.8 Å². The Hall–Kier alpha value is 0.130. The van der Waals surface area contributed by atoms with Gasteiger partial charge < -0.3 is 5.32 Å². The summed E-state index contributed by atoms with van der Waals surface area (Å²) >= 11 is 3.54. The standard InChI is InChI=1S/C16H24BrN3.2ClH/c17-15-8-4-7-14(19-15)16(13-5-2-1-3-6-13)20-11-9-18-10-12-20;;/h4,7-8,13,16,18H,1-3,5-6,9-12H2;2*1H/t16-;;/m1../s1. The fraction of sp³-hybridized carbons (Fsp3) is 0.688. The van der Waals surface area contributed by atoms with Crippen LogP contribution in [0.1, 0.15) is 43.8 Å². The van der Waals surface area contributed by atoms with Crippen molar-refractivity contribution in [2.24, 2.45) is 5.92 Å². The van der Waals surface area contributed by atoms with Gasteiger partial charge in [-0.2, -0.15) is 0 Å². The second-order valence-corrected chi connectivity index (χ2v) is 6.83. The maximum Gasteiger partial charge on any atom is 0.106 e. The molecule has 0 aromatic carbocycles. The lowest BCUT2D eigenvalue weighted by atomic mass is 9.81. The maximum absolute atomic E-state index is 4.78. The van der Waals surface area contributed by atoms with Crippen molar-refractivity contribution >= 4 is 40.7 Å². The monoisotopic (exact) mass is 409 g/mol. The van der Waals surface area contributed by atoms with E-state index in [0.29, 0.717) is 6.04 Å². The van der Waals surface area contributed by atoms with E-state index in [-0.39, 0.29) is 24.8 Å². The van der Waals surface area contributed by atoms with E-state index in [2.05, 4.69) is 38.3 Å². The van der Waals surface area contributed by atoms with Crippen LogP contribution < -0.4 is 5.32 Å². The van der Waals surface area contributed by atoms with E-state index >= 15 is 0 Å². The fourth-order valence-corrected chi connectivity index (χ4v) is 4.08. The fourth-order valence-electron chi connectivity index (χ4n) is 3.73. The molecule has 1 aliphatic heterocycles. The van der Waals surface area contributed by atoms with Crippen molar-refractivity contribution in [2.45, 2.75) is 38.1 Å². The molecule has 1 aromatic heterocycles. The summed E-state index contributed by atoms with van der Waals surface area (Å²) in [4.78, 5) is 7.43. The SMILES string of the molecule is Brc1cccc([C@@H](C2CCCCC2)N2CCNCC2)n1.Cl.Cl. The number of halogens is 3. The highest BCUT2D eigenvalue weighted by Crippen LogP contribution is 2.38. The largest absolute Gasteiger partial charge is 0.314 e. The molecule has 2 heterocycles. The highest BCUT2D eigenvalue weighted by molar-refractivity contribution is 9.10. The summed E-state index contributed by atoms with van der Waals surface area (Å²) in [6.45, 7) is 4.51. The summed E-state index contributed by atoms with van der Waals surface area (Å²) in [6.07, 6.45) is 6.92. The van der Waals surface area contributed by atoms with Crippen molar-refractivity contribution in [1.82, 2.24) is 15.2 Å². The lowest BCUT2D eigenvalue weighted by Crippen LogP contribution is -2.47. The summed E-state index contributed by atoms with van der Waals surface area (Å²) < 4.78 is 0.964. The molecule has 22 heavy (non-hydrogen) atoms. The summed E-state index contributed by atoms with van der Waals surface area (Å²) in [5.41, 5.74) is 1.26. The normalized spacial score (nSPS) is 21.5. The van der Waals surface area contributed by atoms with Gasteiger partial charge in [-0.05, 0) is 46.8 Å². The third kappa shape index (κ3) is 5.07. The average Bonchev–Trinajstić information content (AvgIpc) is 2.50. The van der Waals surface area contributed by atoms with Crippen LogP contribution in [0.2, 0.25) is 0 Å². The zero-order valence-corrected chi connectivity index (χ0v) is 16.1. The third-order valence-corrected chi connectivity index (χ3v) is 5.12. The molecule has 1 N–H and O–H groups in total. The lowest BCUT2D eigenvalue weighted by Gasteiger charge is -2.40. The molecule has 0 bridgehead atoms. The highest BCUT2D eigenvalue weighted by Gasteiger charge is 2.31. The van der Waals surface area contributed by atoms with Gasteiger partial charge in [0.05, 0.1) is 11.7 Å². The third-order valence-electron chi connectivity index (χ3n) is 4.68. The molecular formula is C16H26BrCl2N3. The molecule has 1 aromatic rings. The van der Waals surface area contributed by atoms with Gasteiger partial charge in [0.2, 0.25) is 0 Å². The summed E-state index contributed by atoms with van der Waals surface area (Å²) in [6, 6.07) is 6.88. The van der Waals surface area contributed by atoms with Gasteiger partial charge in [-0.3, -0.25) is 4.90 Å². The number of hydrogen-bond acceptors (Lipinski definition) is 3. The predicted molar refractivity (Wildman–Crippen MR) is 100 cm³/mol. The zero-order chi connectivity index (χ0) is 13.8. The molecule has 3 rings (SSSR count). The minimum Gasteiger partial charge on any atom is -0.314 e. The molecule has 0 unspecified atom stereocenters. The molecule has 0 spiro atoms. The molecule has 2 fully saturated rings. The average molecular weight is 411 g/mol. The Labute approximate surface area is 154 Å². The first-order chi connectivity index (χ1) is 9.84. The van der Waals surface area contributed by atoms with E-state index in [4.69, 9.17) is 4.98 Å². The van der Waals surface area contributed by atoms with Crippen molar-refractivity contribution in [3.63, 3.8) is 0 Å². The van der Waals surface area contributed by atoms with Crippen LogP contribution in [0.4, 0.5) is 0 Å². The van der Waals surface area contributed by atoms with E-state index in [1.807, 2.05) is 6.07 Å². The van der Waals surface area contributed by atoms with Crippen molar-refractivity contribution in [1.29, 1.82) is 0 Å². The van der Waals surface area contributed by atoms with Gasteiger partial charge in [0, 0.05) is 26.2 Å². The second-order valence-electron chi connectivity index (χ2n) is 6.01. The Balaban J connectivity index is 0.00000121. The number of aromatic nitrogens is 1. The number of hydrogen-bond donors (Lipinski definition) is 1. The van der Waals surface area contributed by atoms with Gasteiger partial charge in [-0.1, -0.05) is 25.3 Å². The molecule has 6 heteroatoms. The van der Waals surface area contributed by atoms with Gasteiger partial charge >= 0.3 is 0 Å². The number of nitrogens with one attached hydrogen (secondary N) is 1. The first-order valence-electron chi connectivity index (χ1n) is 7.92. The van der Waals surface area contributed by atoms with Crippen molar-refractivity contribution in [3.05, 3.63) is 28.5 Å². The molecule has 2 aliphatic rings. The molecule has 3 nitrogen and oxygen atoms in total. The minimum absolute atomic E-state index is 0.